The molecule has 0 radical (unpaired) electrons. The Labute approximate surface area is 247 Å². The van der Waals surface area contributed by atoms with E-state index >= 15 is 4.39 Å². The fraction of sp³-hybridized carbons (Fsp3) is 0.242. The molecule has 3 aromatic heterocycles. The van der Waals surface area contributed by atoms with E-state index in [0.29, 0.717) is 59.5 Å². The van der Waals surface area contributed by atoms with Crippen LogP contribution in [0.5, 0.6) is 0 Å². The molecule has 1 saturated carbocycles. The van der Waals surface area contributed by atoms with Gasteiger partial charge in [0, 0.05) is 23.2 Å². The third-order valence-corrected chi connectivity index (χ3v) is 8.14. The summed E-state index contributed by atoms with van der Waals surface area (Å²) in [7, 11) is 1.37. The van der Waals surface area contributed by atoms with E-state index in [1.54, 1.807) is 35.9 Å². The lowest BCUT2D eigenvalue weighted by Gasteiger charge is -2.26. The average molecular weight is 579 g/mol. The molecule has 1 aliphatic carbocycles. The zero-order chi connectivity index (χ0) is 30.1. The van der Waals surface area contributed by atoms with Crippen molar-refractivity contribution in [2.24, 2.45) is 11.8 Å². The van der Waals surface area contributed by atoms with E-state index in [2.05, 4.69) is 10.3 Å². The van der Waals surface area contributed by atoms with Crippen LogP contribution in [-0.2, 0) is 14.3 Å². The second-order valence-electron chi connectivity index (χ2n) is 10.7. The van der Waals surface area contributed by atoms with Crippen LogP contribution in [0.1, 0.15) is 31.2 Å². The minimum absolute atomic E-state index is 0.0890. The van der Waals surface area contributed by atoms with Gasteiger partial charge in [0.15, 0.2) is 17.3 Å². The SMILES string of the molecule is COC(=O)C1CCC(C(=O)Nc2ccc(-n3c(-c4cccnc4N)nc4ccc(-c5ccccc5)nc43)c(C)c2F)CC1. The van der Waals surface area contributed by atoms with Crippen LogP contribution >= 0.6 is 0 Å². The number of esters is 1. The number of benzene rings is 2. The maximum absolute atomic E-state index is 16.0. The highest BCUT2D eigenvalue weighted by Gasteiger charge is 2.31. The molecule has 0 bridgehead atoms. The van der Waals surface area contributed by atoms with E-state index < -0.39 is 5.82 Å². The highest BCUT2D eigenvalue weighted by Crippen LogP contribution is 2.35. The van der Waals surface area contributed by atoms with Gasteiger partial charge >= 0.3 is 5.97 Å². The van der Waals surface area contributed by atoms with Crippen molar-refractivity contribution in [2.45, 2.75) is 32.6 Å². The van der Waals surface area contributed by atoms with Crippen molar-refractivity contribution in [1.82, 2.24) is 19.5 Å². The van der Waals surface area contributed by atoms with Crippen molar-refractivity contribution in [3.05, 3.63) is 84.3 Å². The maximum Gasteiger partial charge on any atom is 0.308 e. The minimum atomic E-state index is -0.555. The van der Waals surface area contributed by atoms with Crippen LogP contribution in [0.2, 0.25) is 0 Å². The van der Waals surface area contributed by atoms with E-state index in [1.165, 1.54) is 7.11 Å². The largest absolute Gasteiger partial charge is 0.469 e. The number of nitrogens with zero attached hydrogens (tertiary/aromatic N) is 4. The van der Waals surface area contributed by atoms with E-state index in [0.717, 1.165) is 11.3 Å². The lowest BCUT2D eigenvalue weighted by atomic mass is 9.81. The lowest BCUT2D eigenvalue weighted by molar-refractivity contribution is -0.147. The smallest absolute Gasteiger partial charge is 0.308 e. The summed E-state index contributed by atoms with van der Waals surface area (Å²) < 4.78 is 22.6. The number of aromatic nitrogens is 4. The van der Waals surface area contributed by atoms with Crippen molar-refractivity contribution in [3.8, 4) is 28.3 Å². The van der Waals surface area contributed by atoms with Crippen LogP contribution < -0.4 is 11.1 Å². The van der Waals surface area contributed by atoms with Crippen LogP contribution in [0, 0.1) is 24.6 Å². The van der Waals surface area contributed by atoms with Crippen molar-refractivity contribution < 1.29 is 18.7 Å². The fourth-order valence-electron chi connectivity index (χ4n) is 5.75. The zero-order valence-corrected chi connectivity index (χ0v) is 23.9. The molecule has 1 amide bonds. The Morgan fingerprint density at radius 2 is 1.70 bits per heavy atom. The van der Waals surface area contributed by atoms with E-state index in [4.69, 9.17) is 20.4 Å². The van der Waals surface area contributed by atoms with Gasteiger partial charge in [0.05, 0.1) is 35.7 Å². The first-order chi connectivity index (χ1) is 20.9. The molecule has 6 rings (SSSR count). The molecule has 0 aliphatic heterocycles. The first kappa shape index (κ1) is 28.0. The topological polar surface area (TPSA) is 125 Å². The molecule has 3 heterocycles. The molecule has 218 valence electrons. The number of ether oxygens (including phenoxy) is 1. The number of hydrogen-bond acceptors (Lipinski definition) is 7. The van der Waals surface area contributed by atoms with Crippen LogP contribution in [0.25, 0.3) is 39.5 Å². The Hall–Kier alpha value is -5.12. The Morgan fingerprint density at radius 1 is 0.953 bits per heavy atom. The fourth-order valence-corrected chi connectivity index (χ4v) is 5.75. The summed E-state index contributed by atoms with van der Waals surface area (Å²) in [4.78, 5) is 38.9. The number of nitrogens with two attached hydrogens (primary N) is 1. The Kier molecular flexibility index (Phi) is 7.58. The number of halogens is 1. The summed E-state index contributed by atoms with van der Waals surface area (Å²) in [6.07, 6.45) is 3.81. The number of nitrogens with one attached hydrogen (secondary N) is 1. The summed E-state index contributed by atoms with van der Waals surface area (Å²) in [6.45, 7) is 1.66. The van der Waals surface area contributed by atoms with Crippen molar-refractivity contribution in [2.75, 3.05) is 18.2 Å². The second-order valence-corrected chi connectivity index (χ2v) is 10.7. The van der Waals surface area contributed by atoms with Gasteiger partial charge in [-0.05, 0) is 69.0 Å². The lowest BCUT2D eigenvalue weighted by Crippen LogP contribution is -2.30. The summed E-state index contributed by atoms with van der Waals surface area (Å²) in [5.41, 5.74) is 10.6. The van der Waals surface area contributed by atoms with Gasteiger partial charge in [-0.15, -0.1) is 0 Å². The third kappa shape index (κ3) is 5.31. The molecular weight excluding hydrogens is 547 g/mol. The number of anilines is 2. The molecule has 1 fully saturated rings. The second kappa shape index (κ2) is 11.6. The molecule has 0 atom stereocenters. The standard InChI is InChI=1S/C33H31FN6O3/c1-19-27(17-16-25(28(19)34)39-32(41)21-10-12-22(13-11-21)33(42)43-2)40-30(23-9-6-18-36-29(23)35)38-26-15-14-24(37-31(26)40)20-7-4-3-5-8-20/h3-9,14-18,21-22H,10-13H2,1-2H3,(H2,35,36)(H,39,41). The normalized spacial score (nSPS) is 16.6. The molecule has 0 saturated heterocycles. The number of hydrogen-bond donors (Lipinski definition) is 2. The van der Waals surface area contributed by atoms with Crippen molar-refractivity contribution >= 4 is 34.5 Å². The number of carbonyl (C=O) groups excluding carboxylic acids is 2. The number of amides is 1. The van der Waals surface area contributed by atoms with Gasteiger partial charge < -0.3 is 15.8 Å². The molecule has 1 aliphatic rings. The molecule has 9 nitrogen and oxygen atoms in total. The first-order valence-electron chi connectivity index (χ1n) is 14.2. The predicted molar refractivity (Wildman–Crippen MR) is 163 cm³/mol. The quantitative estimate of drug-likeness (QED) is 0.233. The number of carbonyl (C=O) groups is 2. The van der Waals surface area contributed by atoms with Gasteiger partial charge in [-0.25, -0.2) is 19.3 Å². The highest BCUT2D eigenvalue weighted by molar-refractivity contribution is 5.93. The average Bonchev–Trinajstić information content (AvgIpc) is 3.42. The van der Waals surface area contributed by atoms with Crippen LogP contribution in [0.15, 0.2) is 72.9 Å². The minimum Gasteiger partial charge on any atom is -0.469 e. The Bertz CT molecular complexity index is 1830. The molecule has 43 heavy (non-hydrogen) atoms. The van der Waals surface area contributed by atoms with Gasteiger partial charge in [0.2, 0.25) is 5.91 Å². The first-order valence-corrected chi connectivity index (χ1v) is 14.2. The number of fused-ring (bicyclic) bond motifs is 1. The van der Waals surface area contributed by atoms with E-state index in [-0.39, 0.29) is 35.2 Å². The molecule has 2 aromatic carbocycles. The van der Waals surface area contributed by atoms with Crippen LogP contribution in [0.4, 0.5) is 15.9 Å². The van der Waals surface area contributed by atoms with Crippen LogP contribution in [-0.4, -0.2) is 38.5 Å². The third-order valence-electron chi connectivity index (χ3n) is 8.14. The van der Waals surface area contributed by atoms with Gasteiger partial charge in [-0.1, -0.05) is 30.3 Å². The zero-order valence-electron chi connectivity index (χ0n) is 23.9. The molecule has 10 heteroatoms. The molecule has 3 N–H and O–H groups in total. The number of rotatable bonds is 6. The van der Waals surface area contributed by atoms with E-state index in [9.17, 15) is 9.59 Å². The summed E-state index contributed by atoms with van der Waals surface area (Å²) in [6, 6.07) is 20.4. The van der Waals surface area contributed by atoms with Crippen molar-refractivity contribution in [1.29, 1.82) is 0 Å². The van der Waals surface area contributed by atoms with Gasteiger partial charge in [0.25, 0.3) is 0 Å². The monoisotopic (exact) mass is 578 g/mol. The van der Waals surface area contributed by atoms with Crippen molar-refractivity contribution in [3.63, 3.8) is 0 Å². The number of pyridine rings is 2. The Balaban J connectivity index is 1.39. The molecule has 0 spiro atoms. The summed E-state index contributed by atoms with van der Waals surface area (Å²) in [5, 5.41) is 2.77. The summed E-state index contributed by atoms with van der Waals surface area (Å²) >= 11 is 0. The number of imidazole rings is 1. The maximum atomic E-state index is 16.0. The summed E-state index contributed by atoms with van der Waals surface area (Å²) in [5.74, 6) is -0.817. The highest BCUT2D eigenvalue weighted by atomic mass is 19.1. The number of nitrogen functional groups attached to an aromatic ring is 1. The van der Waals surface area contributed by atoms with E-state index in [1.807, 2.05) is 48.5 Å². The molecule has 0 unspecified atom stereocenters. The Morgan fingerprint density at radius 3 is 2.42 bits per heavy atom. The van der Waals surface area contributed by atoms with Gasteiger partial charge in [0.1, 0.15) is 11.3 Å². The molecule has 5 aromatic rings. The number of methoxy groups -OCH3 is 1. The van der Waals surface area contributed by atoms with Crippen LogP contribution in [0.3, 0.4) is 0 Å². The predicted octanol–water partition coefficient (Wildman–Crippen LogP) is 6.10. The van der Waals surface area contributed by atoms with Gasteiger partial charge in [-0.2, -0.15) is 0 Å². The van der Waals surface area contributed by atoms with Gasteiger partial charge in [-0.3, -0.25) is 14.2 Å². The molecular formula is C33H31FN6O3.